The number of nitro benzene ring substituents is 1. The summed E-state index contributed by atoms with van der Waals surface area (Å²) in [4.78, 5) is 22.2. The molecule has 0 saturated heterocycles. The molecule has 0 spiro atoms. The molecular weight excluding hydrogens is 268 g/mol. The highest BCUT2D eigenvalue weighted by atomic mass is 35.5. The van der Waals surface area contributed by atoms with E-state index in [1.54, 1.807) is 24.4 Å². The van der Waals surface area contributed by atoms with Gasteiger partial charge in [-0.25, -0.2) is 0 Å². The SMILES string of the molecule is Cc1ccn(Cc2ccc(Cl)cc2[N+](=O)[O-])c(=O)c1. The van der Waals surface area contributed by atoms with Crippen LogP contribution in [-0.2, 0) is 6.54 Å². The molecule has 0 amide bonds. The summed E-state index contributed by atoms with van der Waals surface area (Å²) in [5.74, 6) is 0. The van der Waals surface area contributed by atoms with Gasteiger partial charge in [-0.05, 0) is 30.7 Å². The van der Waals surface area contributed by atoms with Crippen LogP contribution in [-0.4, -0.2) is 9.49 Å². The summed E-state index contributed by atoms with van der Waals surface area (Å²) in [6.45, 7) is 1.96. The second kappa shape index (κ2) is 5.24. The smallest absolute Gasteiger partial charge is 0.275 e. The third-order valence-electron chi connectivity index (χ3n) is 2.74. The van der Waals surface area contributed by atoms with E-state index in [4.69, 9.17) is 11.6 Å². The van der Waals surface area contributed by atoms with E-state index in [1.807, 2.05) is 6.92 Å². The Morgan fingerprint density at radius 3 is 2.68 bits per heavy atom. The fourth-order valence-electron chi connectivity index (χ4n) is 1.76. The zero-order valence-corrected chi connectivity index (χ0v) is 10.9. The third kappa shape index (κ3) is 3.00. The second-order valence-electron chi connectivity index (χ2n) is 4.20. The largest absolute Gasteiger partial charge is 0.311 e. The number of aryl methyl sites for hydroxylation is 1. The number of pyridine rings is 1. The maximum absolute atomic E-state index is 11.8. The molecule has 1 aromatic heterocycles. The van der Waals surface area contributed by atoms with Gasteiger partial charge in [0.05, 0.1) is 11.5 Å². The third-order valence-corrected chi connectivity index (χ3v) is 2.97. The molecule has 0 fully saturated rings. The molecule has 1 aromatic carbocycles. The van der Waals surface area contributed by atoms with Crippen molar-refractivity contribution < 1.29 is 4.92 Å². The molecule has 0 aliphatic rings. The molecule has 0 unspecified atom stereocenters. The molecule has 0 atom stereocenters. The Morgan fingerprint density at radius 2 is 2.05 bits per heavy atom. The van der Waals surface area contributed by atoms with Crippen LogP contribution in [0.2, 0.25) is 5.02 Å². The lowest BCUT2D eigenvalue weighted by Crippen LogP contribution is -2.19. The minimum atomic E-state index is -0.500. The summed E-state index contributed by atoms with van der Waals surface area (Å²) in [6.07, 6.45) is 1.62. The molecule has 0 aliphatic carbocycles. The van der Waals surface area contributed by atoms with Crippen LogP contribution in [0.15, 0.2) is 41.3 Å². The average molecular weight is 279 g/mol. The minimum absolute atomic E-state index is 0.0834. The lowest BCUT2D eigenvalue weighted by Gasteiger charge is -2.07. The average Bonchev–Trinajstić information content (AvgIpc) is 2.34. The molecule has 0 N–H and O–H groups in total. The summed E-state index contributed by atoms with van der Waals surface area (Å²) in [7, 11) is 0. The van der Waals surface area contributed by atoms with E-state index in [1.165, 1.54) is 16.7 Å². The number of nitro groups is 1. The van der Waals surface area contributed by atoms with Crippen LogP contribution >= 0.6 is 11.6 Å². The number of benzene rings is 1. The van der Waals surface area contributed by atoms with E-state index in [0.717, 1.165) is 5.56 Å². The summed E-state index contributed by atoms with van der Waals surface area (Å²) < 4.78 is 1.42. The first-order valence-electron chi connectivity index (χ1n) is 5.57. The molecule has 2 aromatic rings. The van der Waals surface area contributed by atoms with E-state index in [2.05, 4.69) is 0 Å². The standard InChI is InChI=1S/C13H11ClN2O3/c1-9-4-5-15(13(17)6-9)8-10-2-3-11(14)7-12(10)16(18)19/h2-7H,8H2,1H3. The van der Waals surface area contributed by atoms with Crippen LogP contribution in [0.4, 0.5) is 5.69 Å². The Bertz CT molecular complexity index is 695. The van der Waals surface area contributed by atoms with Crippen LogP contribution in [0.3, 0.4) is 0 Å². The molecule has 19 heavy (non-hydrogen) atoms. The maximum Gasteiger partial charge on any atom is 0.275 e. The van der Waals surface area contributed by atoms with E-state index in [-0.39, 0.29) is 17.8 Å². The van der Waals surface area contributed by atoms with E-state index >= 15 is 0 Å². The van der Waals surface area contributed by atoms with Crippen molar-refractivity contribution in [2.24, 2.45) is 0 Å². The van der Waals surface area contributed by atoms with Crippen molar-refractivity contribution in [2.45, 2.75) is 13.5 Å². The van der Waals surface area contributed by atoms with E-state index < -0.39 is 4.92 Å². The van der Waals surface area contributed by atoms with Gasteiger partial charge in [0.25, 0.3) is 11.2 Å². The molecule has 0 bridgehead atoms. The molecule has 0 aliphatic heterocycles. The molecule has 5 nitrogen and oxygen atoms in total. The van der Waals surface area contributed by atoms with Gasteiger partial charge in [-0.1, -0.05) is 11.6 Å². The van der Waals surface area contributed by atoms with Gasteiger partial charge in [0.15, 0.2) is 0 Å². The van der Waals surface area contributed by atoms with Crippen molar-refractivity contribution >= 4 is 17.3 Å². The summed E-state index contributed by atoms with van der Waals surface area (Å²) in [5.41, 5.74) is 1.02. The maximum atomic E-state index is 11.8. The van der Waals surface area contributed by atoms with Crippen LogP contribution in [0.5, 0.6) is 0 Å². The summed E-state index contributed by atoms with van der Waals surface area (Å²) in [6, 6.07) is 7.69. The fourth-order valence-corrected chi connectivity index (χ4v) is 1.93. The van der Waals surface area contributed by atoms with Crippen LogP contribution in [0, 0.1) is 17.0 Å². The van der Waals surface area contributed by atoms with Crippen molar-refractivity contribution in [3.8, 4) is 0 Å². The molecular formula is C13H11ClN2O3. The topological polar surface area (TPSA) is 65.1 Å². The molecule has 1 heterocycles. The van der Waals surface area contributed by atoms with Gasteiger partial charge in [0.1, 0.15) is 0 Å². The first kappa shape index (κ1) is 13.3. The molecule has 6 heteroatoms. The van der Waals surface area contributed by atoms with Gasteiger partial charge >= 0.3 is 0 Å². The van der Waals surface area contributed by atoms with Crippen LogP contribution in [0.25, 0.3) is 0 Å². The number of hydrogen-bond acceptors (Lipinski definition) is 3. The lowest BCUT2D eigenvalue weighted by molar-refractivity contribution is -0.385. The second-order valence-corrected chi connectivity index (χ2v) is 4.64. The van der Waals surface area contributed by atoms with Gasteiger partial charge in [-0.15, -0.1) is 0 Å². The van der Waals surface area contributed by atoms with Crippen molar-refractivity contribution in [1.82, 2.24) is 4.57 Å². The predicted octanol–water partition coefficient (Wildman–Crippen LogP) is 2.77. The first-order chi connectivity index (χ1) is 8.97. The van der Waals surface area contributed by atoms with Crippen molar-refractivity contribution in [3.63, 3.8) is 0 Å². The molecule has 98 valence electrons. The summed E-state index contributed by atoms with van der Waals surface area (Å²) in [5, 5.41) is 11.3. The molecule has 0 saturated carbocycles. The predicted molar refractivity (Wildman–Crippen MR) is 72.6 cm³/mol. The van der Waals surface area contributed by atoms with Gasteiger partial charge in [-0.3, -0.25) is 14.9 Å². The van der Waals surface area contributed by atoms with Gasteiger partial charge < -0.3 is 4.57 Å². The van der Waals surface area contributed by atoms with Crippen molar-refractivity contribution in [1.29, 1.82) is 0 Å². The highest BCUT2D eigenvalue weighted by Crippen LogP contribution is 2.23. The quantitative estimate of drug-likeness (QED) is 0.640. The monoisotopic (exact) mass is 278 g/mol. The zero-order chi connectivity index (χ0) is 14.0. The lowest BCUT2D eigenvalue weighted by atomic mass is 10.1. The Labute approximate surface area is 114 Å². The van der Waals surface area contributed by atoms with Crippen molar-refractivity contribution in [3.05, 3.63) is 73.1 Å². The zero-order valence-electron chi connectivity index (χ0n) is 10.2. The first-order valence-corrected chi connectivity index (χ1v) is 5.95. The Hall–Kier alpha value is -2.14. The Kier molecular flexibility index (Phi) is 3.66. The highest BCUT2D eigenvalue weighted by molar-refractivity contribution is 6.30. The van der Waals surface area contributed by atoms with Crippen LogP contribution < -0.4 is 5.56 Å². The van der Waals surface area contributed by atoms with Gasteiger partial charge in [0, 0.05) is 28.9 Å². The summed E-state index contributed by atoms with van der Waals surface area (Å²) >= 11 is 5.74. The minimum Gasteiger partial charge on any atom is -0.311 e. The normalized spacial score (nSPS) is 10.4. The van der Waals surface area contributed by atoms with Gasteiger partial charge in [0.2, 0.25) is 0 Å². The molecule has 2 rings (SSSR count). The Balaban J connectivity index is 2.43. The Morgan fingerprint density at radius 1 is 1.32 bits per heavy atom. The molecule has 0 radical (unpaired) electrons. The van der Waals surface area contributed by atoms with Crippen LogP contribution in [0.1, 0.15) is 11.1 Å². The number of halogens is 1. The van der Waals surface area contributed by atoms with Crippen molar-refractivity contribution in [2.75, 3.05) is 0 Å². The fraction of sp³-hybridized carbons (Fsp3) is 0.154. The van der Waals surface area contributed by atoms with E-state index in [9.17, 15) is 14.9 Å². The van der Waals surface area contributed by atoms with E-state index in [0.29, 0.717) is 10.6 Å². The number of hydrogen-bond donors (Lipinski definition) is 0. The highest BCUT2D eigenvalue weighted by Gasteiger charge is 2.14. The van der Waals surface area contributed by atoms with Gasteiger partial charge in [-0.2, -0.15) is 0 Å². The number of aromatic nitrogens is 1. The number of nitrogens with zero attached hydrogens (tertiary/aromatic N) is 2. The number of rotatable bonds is 3.